The summed E-state index contributed by atoms with van der Waals surface area (Å²) in [4.78, 5) is 0.201. The van der Waals surface area contributed by atoms with Gasteiger partial charge in [0, 0.05) is 18.5 Å². The van der Waals surface area contributed by atoms with E-state index in [1.807, 2.05) is 0 Å². The summed E-state index contributed by atoms with van der Waals surface area (Å²) in [5.74, 6) is -0.0436. The third-order valence-corrected chi connectivity index (χ3v) is 7.86. The Balaban J connectivity index is 2.43. The molecular weight excluding hydrogens is 334 g/mol. The molecule has 0 amide bonds. The van der Waals surface area contributed by atoms with Gasteiger partial charge in [-0.15, -0.1) is 11.6 Å². The van der Waals surface area contributed by atoms with Gasteiger partial charge < -0.3 is 0 Å². The smallest absolute Gasteiger partial charge is 0.229 e. The molecule has 21 heavy (non-hydrogen) atoms. The number of sulfone groups is 1. The van der Waals surface area contributed by atoms with E-state index in [4.69, 9.17) is 11.6 Å². The first kappa shape index (κ1) is 16.7. The molecule has 0 bridgehead atoms. The van der Waals surface area contributed by atoms with Gasteiger partial charge in [0.15, 0.2) is 9.84 Å². The maximum atomic E-state index is 12.8. The summed E-state index contributed by atoms with van der Waals surface area (Å²) in [7, 11) is -6.87. The van der Waals surface area contributed by atoms with Gasteiger partial charge in [-0.05, 0) is 31.0 Å². The Morgan fingerprint density at radius 1 is 1.38 bits per heavy atom. The zero-order chi connectivity index (χ0) is 15.8. The molecule has 1 aliphatic rings. The fraction of sp³-hybridized carbons (Fsp3) is 0.538. The Kier molecular flexibility index (Phi) is 4.68. The number of rotatable bonds is 3. The van der Waals surface area contributed by atoms with Crippen molar-refractivity contribution >= 4 is 31.5 Å². The summed E-state index contributed by atoms with van der Waals surface area (Å²) in [6.07, 6.45) is 0. The maximum Gasteiger partial charge on any atom is 0.243 e. The van der Waals surface area contributed by atoms with Gasteiger partial charge in [0.25, 0.3) is 0 Å². The molecule has 0 aliphatic carbocycles. The van der Waals surface area contributed by atoms with Gasteiger partial charge in [-0.2, -0.15) is 4.31 Å². The Bertz CT molecular complexity index is 743. The summed E-state index contributed by atoms with van der Waals surface area (Å²) in [6, 6.07) is 4.50. The van der Waals surface area contributed by atoms with E-state index in [1.54, 1.807) is 32.0 Å². The largest absolute Gasteiger partial charge is 0.243 e. The van der Waals surface area contributed by atoms with Crippen molar-refractivity contribution in [2.75, 3.05) is 18.1 Å². The van der Waals surface area contributed by atoms with Crippen LogP contribution in [0.2, 0.25) is 0 Å². The number of hydrogen-bond donors (Lipinski definition) is 0. The molecule has 8 heteroatoms. The lowest BCUT2D eigenvalue weighted by molar-refractivity contribution is 0.356. The topological polar surface area (TPSA) is 71.5 Å². The number of hydrogen-bond acceptors (Lipinski definition) is 4. The standard InChI is InChI=1S/C13H18ClNO4S2/c1-10-3-4-12(8-14)7-13(10)21(18,19)15-5-6-20(16,17)9-11(15)2/h3-4,7,11H,5-6,8-9H2,1-2H3. The van der Waals surface area contributed by atoms with Gasteiger partial charge >= 0.3 is 0 Å². The fourth-order valence-corrected chi connectivity index (χ4v) is 6.31. The van der Waals surface area contributed by atoms with Crippen molar-refractivity contribution in [2.24, 2.45) is 0 Å². The van der Waals surface area contributed by atoms with Gasteiger partial charge in [0.05, 0.1) is 16.4 Å². The van der Waals surface area contributed by atoms with Crippen molar-refractivity contribution in [1.29, 1.82) is 0 Å². The van der Waals surface area contributed by atoms with Crippen LogP contribution < -0.4 is 0 Å². The van der Waals surface area contributed by atoms with Crippen LogP contribution in [0.5, 0.6) is 0 Å². The van der Waals surface area contributed by atoms with E-state index in [9.17, 15) is 16.8 Å². The van der Waals surface area contributed by atoms with Crippen LogP contribution in [0, 0.1) is 6.92 Å². The van der Waals surface area contributed by atoms with Crippen molar-refractivity contribution in [2.45, 2.75) is 30.7 Å². The third-order valence-electron chi connectivity index (χ3n) is 3.60. The summed E-state index contributed by atoms with van der Waals surface area (Å²) in [6.45, 7) is 3.33. The van der Waals surface area contributed by atoms with E-state index in [2.05, 4.69) is 0 Å². The minimum Gasteiger partial charge on any atom is -0.229 e. The minimum absolute atomic E-state index is 0.00360. The lowest BCUT2D eigenvalue weighted by Crippen LogP contribution is -2.49. The monoisotopic (exact) mass is 351 g/mol. The highest BCUT2D eigenvalue weighted by molar-refractivity contribution is 7.92. The molecule has 2 rings (SSSR count). The normalized spacial score (nSPS) is 23.1. The Labute approximate surface area is 130 Å². The molecule has 1 heterocycles. The number of benzene rings is 1. The minimum atomic E-state index is -3.71. The average Bonchev–Trinajstić information content (AvgIpc) is 2.37. The van der Waals surface area contributed by atoms with Crippen molar-refractivity contribution in [1.82, 2.24) is 4.31 Å². The molecule has 1 atom stereocenters. The second kappa shape index (κ2) is 5.87. The SMILES string of the molecule is Cc1ccc(CCl)cc1S(=O)(=O)N1CCS(=O)(=O)CC1C. The lowest BCUT2D eigenvalue weighted by Gasteiger charge is -2.32. The molecule has 0 N–H and O–H groups in total. The molecule has 1 aromatic carbocycles. The summed E-state index contributed by atoms with van der Waals surface area (Å²) in [5.41, 5.74) is 1.35. The molecule has 0 saturated carbocycles. The first-order valence-electron chi connectivity index (χ1n) is 6.55. The first-order valence-corrected chi connectivity index (χ1v) is 10.3. The van der Waals surface area contributed by atoms with Gasteiger partial charge in [-0.25, -0.2) is 16.8 Å². The molecule has 118 valence electrons. The van der Waals surface area contributed by atoms with E-state index in [0.717, 1.165) is 5.56 Å². The summed E-state index contributed by atoms with van der Waals surface area (Å²) < 4.78 is 50.0. The van der Waals surface area contributed by atoms with Crippen molar-refractivity contribution in [3.63, 3.8) is 0 Å². The second-order valence-corrected chi connectivity index (χ2v) is 9.67. The fourth-order valence-electron chi connectivity index (χ4n) is 2.47. The van der Waals surface area contributed by atoms with Crippen molar-refractivity contribution in [3.8, 4) is 0 Å². The van der Waals surface area contributed by atoms with Gasteiger partial charge in [0.2, 0.25) is 10.0 Å². The van der Waals surface area contributed by atoms with Crippen LogP contribution in [0.1, 0.15) is 18.1 Å². The highest BCUT2D eigenvalue weighted by Gasteiger charge is 2.37. The van der Waals surface area contributed by atoms with E-state index in [-0.39, 0.29) is 28.8 Å². The number of sulfonamides is 1. The maximum absolute atomic E-state index is 12.8. The van der Waals surface area contributed by atoms with E-state index >= 15 is 0 Å². The average molecular weight is 352 g/mol. The number of alkyl halides is 1. The van der Waals surface area contributed by atoms with Gasteiger partial charge in [-0.3, -0.25) is 0 Å². The lowest BCUT2D eigenvalue weighted by atomic mass is 10.2. The number of halogens is 1. The molecule has 0 radical (unpaired) electrons. The highest BCUT2D eigenvalue weighted by atomic mass is 35.5. The molecular formula is C13H18ClNO4S2. The highest BCUT2D eigenvalue weighted by Crippen LogP contribution is 2.26. The molecule has 1 saturated heterocycles. The van der Waals surface area contributed by atoms with Crippen LogP contribution in [0.15, 0.2) is 23.1 Å². The van der Waals surface area contributed by atoms with Crippen LogP contribution in [-0.2, 0) is 25.7 Å². The number of aryl methyl sites for hydroxylation is 1. The Hall–Kier alpha value is -0.630. The van der Waals surface area contributed by atoms with Crippen molar-refractivity contribution < 1.29 is 16.8 Å². The molecule has 1 fully saturated rings. The predicted octanol–water partition coefficient (Wildman–Crippen LogP) is 1.54. The van der Waals surface area contributed by atoms with Crippen LogP contribution in [-0.4, -0.2) is 45.2 Å². The molecule has 0 spiro atoms. The summed E-state index contributed by atoms with van der Waals surface area (Å²) >= 11 is 5.77. The van der Waals surface area contributed by atoms with Gasteiger partial charge in [-0.1, -0.05) is 12.1 Å². The van der Waals surface area contributed by atoms with Crippen LogP contribution >= 0.6 is 11.6 Å². The zero-order valence-corrected chi connectivity index (χ0v) is 14.3. The zero-order valence-electron chi connectivity index (χ0n) is 11.9. The second-order valence-electron chi connectivity index (χ2n) is 5.31. The number of nitrogens with zero attached hydrogens (tertiary/aromatic N) is 1. The predicted molar refractivity (Wildman–Crippen MR) is 82.7 cm³/mol. The van der Waals surface area contributed by atoms with Crippen molar-refractivity contribution in [3.05, 3.63) is 29.3 Å². The molecule has 1 unspecified atom stereocenters. The third kappa shape index (κ3) is 3.41. The Morgan fingerprint density at radius 3 is 2.62 bits per heavy atom. The molecule has 0 aromatic heterocycles. The summed E-state index contributed by atoms with van der Waals surface area (Å²) in [5, 5.41) is 0. The van der Waals surface area contributed by atoms with Crippen LogP contribution in [0.25, 0.3) is 0 Å². The molecule has 5 nitrogen and oxygen atoms in total. The van der Waals surface area contributed by atoms with Gasteiger partial charge in [0.1, 0.15) is 0 Å². The van der Waals surface area contributed by atoms with Crippen LogP contribution in [0.4, 0.5) is 0 Å². The Morgan fingerprint density at radius 2 is 2.05 bits per heavy atom. The molecule has 1 aromatic rings. The van der Waals surface area contributed by atoms with Crippen LogP contribution in [0.3, 0.4) is 0 Å². The van der Waals surface area contributed by atoms with E-state index in [1.165, 1.54) is 4.31 Å². The molecule has 1 aliphatic heterocycles. The first-order chi connectivity index (χ1) is 9.67. The van der Waals surface area contributed by atoms with E-state index < -0.39 is 25.9 Å². The quantitative estimate of drug-likeness (QED) is 0.774. The van der Waals surface area contributed by atoms with E-state index in [0.29, 0.717) is 5.56 Å².